The number of benzene rings is 3. The molecule has 2 unspecified atom stereocenters. The van der Waals surface area contributed by atoms with E-state index in [0.717, 1.165) is 47.2 Å². The van der Waals surface area contributed by atoms with Crippen molar-refractivity contribution in [3.63, 3.8) is 0 Å². The predicted octanol–water partition coefficient (Wildman–Crippen LogP) is 8.29. The molecule has 0 saturated carbocycles. The van der Waals surface area contributed by atoms with Crippen molar-refractivity contribution in [1.29, 1.82) is 0 Å². The summed E-state index contributed by atoms with van der Waals surface area (Å²) in [5.41, 5.74) is 15.7. The number of hydrogen-bond acceptors (Lipinski definition) is 4. The molecule has 0 aromatic heterocycles. The summed E-state index contributed by atoms with van der Waals surface area (Å²) in [6.45, 7) is 9.12. The van der Waals surface area contributed by atoms with Crippen LogP contribution in [-0.4, -0.2) is 0 Å². The minimum Gasteiger partial charge on any atom is -0.458 e. The average molecular weight is 533 g/mol. The Bertz CT molecular complexity index is 1350. The molecular weight excluding hydrogens is 492 g/mol. The summed E-state index contributed by atoms with van der Waals surface area (Å²) in [5, 5.41) is 0. The van der Waals surface area contributed by atoms with Crippen molar-refractivity contribution in [1.82, 2.24) is 0 Å². The van der Waals surface area contributed by atoms with Crippen LogP contribution in [0.3, 0.4) is 0 Å². The maximum absolute atomic E-state index is 6.11. The third-order valence-electron chi connectivity index (χ3n) is 8.06. The first kappa shape index (κ1) is 27.4. The van der Waals surface area contributed by atoms with Crippen molar-refractivity contribution >= 4 is 11.4 Å². The normalized spacial score (nSPS) is 20.9. The zero-order valence-electron chi connectivity index (χ0n) is 23.9. The van der Waals surface area contributed by atoms with Gasteiger partial charge in [-0.2, -0.15) is 0 Å². The molecule has 4 nitrogen and oxygen atoms in total. The molecule has 0 heterocycles. The van der Waals surface area contributed by atoms with E-state index in [1.54, 1.807) is 0 Å². The highest BCUT2D eigenvalue weighted by Gasteiger charge is 2.31. The van der Waals surface area contributed by atoms with Crippen molar-refractivity contribution in [3.8, 4) is 11.5 Å². The van der Waals surface area contributed by atoms with E-state index in [0.29, 0.717) is 11.8 Å². The first-order valence-corrected chi connectivity index (χ1v) is 14.0. The van der Waals surface area contributed by atoms with Gasteiger partial charge in [-0.05, 0) is 119 Å². The number of anilines is 2. The molecule has 3 aromatic rings. The first-order chi connectivity index (χ1) is 19.1. The molecule has 3 aromatic carbocycles. The SMILES string of the molecule is CC1(C)C=C(Oc2ccc(N)cc2)C=CC1Cc1cccc(CC2C=CC(Oc3ccc(N)cc3)=CC2(C)C)c1. The predicted molar refractivity (Wildman–Crippen MR) is 166 cm³/mol. The highest BCUT2D eigenvalue weighted by Crippen LogP contribution is 2.39. The lowest BCUT2D eigenvalue weighted by atomic mass is 9.72. The van der Waals surface area contributed by atoms with Gasteiger partial charge in [-0.15, -0.1) is 0 Å². The van der Waals surface area contributed by atoms with Crippen LogP contribution in [0, 0.1) is 22.7 Å². The molecule has 0 spiro atoms. The van der Waals surface area contributed by atoms with Gasteiger partial charge in [0.2, 0.25) is 0 Å². The first-order valence-electron chi connectivity index (χ1n) is 14.0. The minimum atomic E-state index is -0.0341. The zero-order chi connectivity index (χ0) is 28.3. The second kappa shape index (κ2) is 11.1. The van der Waals surface area contributed by atoms with Crippen LogP contribution >= 0.6 is 0 Å². The molecule has 4 N–H and O–H groups in total. The zero-order valence-corrected chi connectivity index (χ0v) is 23.9. The maximum Gasteiger partial charge on any atom is 0.127 e. The number of allylic oxidation sites excluding steroid dienone is 6. The summed E-state index contributed by atoms with van der Waals surface area (Å²) in [5.74, 6) is 4.10. The Labute approximate surface area is 238 Å². The Morgan fingerprint density at radius 1 is 0.600 bits per heavy atom. The van der Waals surface area contributed by atoms with Crippen LogP contribution in [0.2, 0.25) is 0 Å². The Hall–Kier alpha value is -4.18. The third kappa shape index (κ3) is 6.69. The molecular formula is C36H40N2O2. The smallest absolute Gasteiger partial charge is 0.127 e. The second-order valence-corrected chi connectivity index (χ2v) is 12.2. The van der Waals surface area contributed by atoms with Gasteiger partial charge in [0.05, 0.1) is 0 Å². The molecule has 2 aliphatic rings. The van der Waals surface area contributed by atoms with Gasteiger partial charge in [-0.25, -0.2) is 0 Å². The van der Waals surface area contributed by atoms with Crippen LogP contribution in [0.5, 0.6) is 11.5 Å². The van der Waals surface area contributed by atoms with Crippen LogP contribution in [0.15, 0.2) is 121 Å². The largest absolute Gasteiger partial charge is 0.458 e. The average Bonchev–Trinajstić information content (AvgIpc) is 2.90. The Kier molecular flexibility index (Phi) is 7.62. The third-order valence-corrected chi connectivity index (χ3v) is 8.06. The fourth-order valence-corrected chi connectivity index (χ4v) is 5.49. The Morgan fingerprint density at radius 3 is 1.38 bits per heavy atom. The Balaban J connectivity index is 1.22. The van der Waals surface area contributed by atoms with Crippen molar-refractivity contribution in [2.24, 2.45) is 22.7 Å². The summed E-state index contributed by atoms with van der Waals surface area (Å²) in [6, 6.07) is 24.1. The molecule has 4 heteroatoms. The van der Waals surface area contributed by atoms with Crippen LogP contribution < -0.4 is 20.9 Å². The quantitative estimate of drug-likeness (QED) is 0.286. The molecule has 0 saturated heterocycles. The number of nitrogens with two attached hydrogens (primary N) is 2. The molecule has 40 heavy (non-hydrogen) atoms. The number of hydrogen-bond donors (Lipinski definition) is 2. The maximum atomic E-state index is 6.11. The van der Waals surface area contributed by atoms with Gasteiger partial charge >= 0.3 is 0 Å². The van der Waals surface area contributed by atoms with E-state index in [9.17, 15) is 0 Å². The minimum absolute atomic E-state index is 0.0341. The van der Waals surface area contributed by atoms with E-state index in [-0.39, 0.29) is 10.8 Å². The molecule has 0 fully saturated rings. The van der Waals surface area contributed by atoms with Gasteiger partial charge in [0.1, 0.15) is 23.0 Å². The van der Waals surface area contributed by atoms with E-state index in [2.05, 4.69) is 88.4 Å². The standard InChI is InChI=1S/C36H40N2O2/c1-35(2)23-33(39-31-16-10-29(37)11-17-31)14-8-27(35)21-25-6-5-7-26(20-25)22-28-9-15-34(24-36(28,3)4)40-32-18-12-30(38)13-19-32/h5-20,23-24,27-28H,21-22,37-38H2,1-4H3. The van der Waals surface area contributed by atoms with E-state index in [4.69, 9.17) is 20.9 Å². The van der Waals surface area contributed by atoms with Gasteiger partial charge < -0.3 is 20.9 Å². The Morgan fingerprint density at radius 2 is 1.00 bits per heavy atom. The molecule has 2 atom stereocenters. The van der Waals surface area contributed by atoms with Gasteiger partial charge in [-0.1, -0.05) is 64.1 Å². The van der Waals surface area contributed by atoms with Gasteiger partial charge in [0.15, 0.2) is 0 Å². The van der Waals surface area contributed by atoms with Crippen molar-refractivity contribution in [3.05, 3.63) is 132 Å². The van der Waals surface area contributed by atoms with E-state index < -0.39 is 0 Å². The van der Waals surface area contributed by atoms with Crippen molar-refractivity contribution < 1.29 is 9.47 Å². The van der Waals surface area contributed by atoms with E-state index >= 15 is 0 Å². The highest BCUT2D eigenvalue weighted by molar-refractivity contribution is 5.44. The summed E-state index contributed by atoms with van der Waals surface area (Å²) in [6.07, 6.45) is 15.2. The summed E-state index contributed by atoms with van der Waals surface area (Å²) < 4.78 is 12.2. The summed E-state index contributed by atoms with van der Waals surface area (Å²) in [7, 11) is 0. The molecule has 0 radical (unpaired) electrons. The van der Waals surface area contributed by atoms with E-state index in [1.807, 2.05) is 48.5 Å². The fourth-order valence-electron chi connectivity index (χ4n) is 5.49. The van der Waals surface area contributed by atoms with Crippen molar-refractivity contribution in [2.75, 3.05) is 11.5 Å². The molecule has 0 aliphatic heterocycles. The molecule has 2 aliphatic carbocycles. The number of nitrogen functional groups attached to an aromatic ring is 2. The molecule has 0 bridgehead atoms. The lowest BCUT2D eigenvalue weighted by molar-refractivity contribution is 0.311. The lowest BCUT2D eigenvalue weighted by Crippen LogP contribution is -2.26. The number of rotatable bonds is 8. The van der Waals surface area contributed by atoms with Gasteiger partial charge in [0.25, 0.3) is 0 Å². The van der Waals surface area contributed by atoms with Crippen LogP contribution in [0.4, 0.5) is 11.4 Å². The molecule has 5 rings (SSSR count). The van der Waals surface area contributed by atoms with Gasteiger partial charge in [-0.3, -0.25) is 0 Å². The molecule has 0 amide bonds. The van der Waals surface area contributed by atoms with E-state index in [1.165, 1.54) is 11.1 Å². The van der Waals surface area contributed by atoms with Crippen molar-refractivity contribution in [2.45, 2.75) is 40.5 Å². The lowest BCUT2D eigenvalue weighted by Gasteiger charge is -2.34. The highest BCUT2D eigenvalue weighted by atomic mass is 16.5. The number of ether oxygens (including phenoxy) is 2. The second-order valence-electron chi connectivity index (χ2n) is 12.2. The fraction of sp³-hybridized carbons (Fsp3) is 0.278. The van der Waals surface area contributed by atoms with Crippen LogP contribution in [0.25, 0.3) is 0 Å². The van der Waals surface area contributed by atoms with Crippen LogP contribution in [-0.2, 0) is 12.8 Å². The topological polar surface area (TPSA) is 70.5 Å². The monoisotopic (exact) mass is 532 g/mol. The summed E-state index contributed by atoms with van der Waals surface area (Å²) >= 11 is 0. The molecule has 206 valence electrons. The van der Waals surface area contributed by atoms with Crippen LogP contribution in [0.1, 0.15) is 38.8 Å². The summed E-state index contributed by atoms with van der Waals surface area (Å²) in [4.78, 5) is 0. The van der Waals surface area contributed by atoms with Gasteiger partial charge in [0, 0.05) is 11.4 Å².